The third-order valence-electron chi connectivity index (χ3n) is 7.64. The highest BCUT2D eigenvalue weighted by molar-refractivity contribution is 5.94. The minimum Gasteiger partial charge on any atom is -0.338 e. The van der Waals surface area contributed by atoms with Gasteiger partial charge in [-0.1, -0.05) is 36.8 Å². The van der Waals surface area contributed by atoms with Gasteiger partial charge in [0.05, 0.1) is 5.56 Å². The summed E-state index contributed by atoms with van der Waals surface area (Å²) in [6, 6.07) is 16.0. The summed E-state index contributed by atoms with van der Waals surface area (Å²) in [7, 11) is 0. The minimum absolute atomic E-state index is 0.136. The number of aromatic nitrogens is 3. The quantitative estimate of drug-likeness (QED) is 0.659. The molecule has 31 heavy (non-hydrogen) atoms. The molecule has 4 atom stereocenters. The van der Waals surface area contributed by atoms with Gasteiger partial charge in [-0.15, -0.1) is 0 Å². The second-order valence-corrected chi connectivity index (χ2v) is 9.59. The summed E-state index contributed by atoms with van der Waals surface area (Å²) in [5.41, 5.74) is 2.93. The van der Waals surface area contributed by atoms with Crippen molar-refractivity contribution in [2.45, 2.75) is 44.2 Å². The first kappa shape index (κ1) is 19.0. The van der Waals surface area contributed by atoms with E-state index in [9.17, 15) is 4.79 Å². The zero-order chi connectivity index (χ0) is 20.8. The molecule has 3 aliphatic heterocycles. The second kappa shape index (κ2) is 7.75. The summed E-state index contributed by atoms with van der Waals surface area (Å²) in [5, 5.41) is 4.19. The van der Waals surface area contributed by atoms with Crippen molar-refractivity contribution in [2.24, 2.45) is 11.8 Å². The molecule has 0 spiro atoms. The van der Waals surface area contributed by atoms with Crippen molar-refractivity contribution >= 4 is 11.6 Å². The first-order chi connectivity index (χ1) is 15.2. The van der Waals surface area contributed by atoms with E-state index in [1.54, 1.807) is 4.52 Å². The van der Waals surface area contributed by atoms with E-state index < -0.39 is 0 Å². The molecule has 0 radical (unpaired) electrons. The van der Waals surface area contributed by atoms with Crippen LogP contribution in [0.4, 0.5) is 0 Å². The van der Waals surface area contributed by atoms with Crippen molar-refractivity contribution in [3.63, 3.8) is 0 Å². The zero-order valence-electron chi connectivity index (χ0n) is 17.8. The molecular formula is C25H29N5O. The standard InChI is InChI=1S/C25H29N5O/c31-25(20-9-10-24-26-17-27-30(24)16-20)28-13-19-11-21(15-28)23-8-4-7-22(29(23)14-19)12-18-5-2-1-3-6-18/h1-3,5-6,9-10,16-17,19,21-23H,4,7-8,11-15H2/t19-,21+,22+,23-/m0/s1. The summed E-state index contributed by atoms with van der Waals surface area (Å²) >= 11 is 0. The fourth-order valence-corrected chi connectivity index (χ4v) is 6.31. The van der Waals surface area contributed by atoms with Crippen LogP contribution in [0.2, 0.25) is 0 Å². The summed E-state index contributed by atoms with van der Waals surface area (Å²) in [6.07, 6.45) is 9.64. The Hall–Kier alpha value is -2.73. The Bertz CT molecular complexity index is 1080. The van der Waals surface area contributed by atoms with Gasteiger partial charge in [0.15, 0.2) is 5.65 Å². The van der Waals surface area contributed by atoms with E-state index in [0.717, 1.165) is 31.7 Å². The summed E-state index contributed by atoms with van der Waals surface area (Å²) in [5.74, 6) is 1.30. The lowest BCUT2D eigenvalue weighted by Gasteiger charge is -2.55. The molecule has 6 nitrogen and oxygen atoms in total. The maximum Gasteiger partial charge on any atom is 0.255 e. The Morgan fingerprint density at radius 2 is 1.94 bits per heavy atom. The van der Waals surface area contributed by atoms with Crippen LogP contribution in [0.1, 0.15) is 41.6 Å². The topological polar surface area (TPSA) is 53.7 Å². The number of benzene rings is 1. The highest BCUT2D eigenvalue weighted by Crippen LogP contribution is 2.40. The summed E-state index contributed by atoms with van der Waals surface area (Å²) in [4.78, 5) is 22.4. The maximum absolute atomic E-state index is 13.3. The molecular weight excluding hydrogens is 386 g/mol. The molecule has 0 N–H and O–H groups in total. The number of hydrogen-bond acceptors (Lipinski definition) is 4. The van der Waals surface area contributed by atoms with Crippen molar-refractivity contribution < 1.29 is 4.79 Å². The SMILES string of the molecule is O=C(c1ccc2ncnn2c1)N1C[C@@H]2C[C@H](C1)[C@@H]1CCC[C@H](Cc3ccccc3)N1C2. The van der Waals surface area contributed by atoms with Crippen LogP contribution < -0.4 is 0 Å². The predicted molar refractivity (Wildman–Crippen MR) is 119 cm³/mol. The molecule has 6 heteroatoms. The van der Waals surface area contributed by atoms with Crippen LogP contribution in [-0.2, 0) is 6.42 Å². The molecule has 1 amide bonds. The number of piperidine rings is 3. The highest BCUT2D eigenvalue weighted by atomic mass is 16.2. The molecule has 0 saturated carbocycles. The van der Waals surface area contributed by atoms with E-state index in [1.165, 1.54) is 37.6 Å². The van der Waals surface area contributed by atoms with Crippen LogP contribution in [0.5, 0.6) is 0 Å². The number of rotatable bonds is 3. The third kappa shape index (κ3) is 3.53. The molecule has 0 aliphatic carbocycles. The second-order valence-electron chi connectivity index (χ2n) is 9.59. The molecule has 3 saturated heterocycles. The molecule has 3 fully saturated rings. The molecule has 160 valence electrons. The average molecular weight is 416 g/mol. The Balaban J connectivity index is 1.19. The van der Waals surface area contributed by atoms with Gasteiger partial charge in [0.25, 0.3) is 5.91 Å². The number of hydrogen-bond donors (Lipinski definition) is 0. The first-order valence-corrected chi connectivity index (χ1v) is 11.6. The van der Waals surface area contributed by atoms with Crippen molar-refractivity contribution in [3.05, 3.63) is 66.1 Å². The van der Waals surface area contributed by atoms with Gasteiger partial charge in [-0.25, -0.2) is 9.50 Å². The monoisotopic (exact) mass is 415 g/mol. The Morgan fingerprint density at radius 1 is 1.03 bits per heavy atom. The van der Waals surface area contributed by atoms with Crippen LogP contribution in [0, 0.1) is 11.8 Å². The largest absolute Gasteiger partial charge is 0.338 e. The lowest BCUT2D eigenvalue weighted by molar-refractivity contribution is -0.0498. The molecule has 0 unspecified atom stereocenters. The molecule has 1 aromatic carbocycles. The molecule has 6 rings (SSSR count). The summed E-state index contributed by atoms with van der Waals surface area (Å²) < 4.78 is 1.69. The number of likely N-dealkylation sites (tertiary alicyclic amines) is 1. The van der Waals surface area contributed by atoms with E-state index >= 15 is 0 Å². The summed E-state index contributed by atoms with van der Waals surface area (Å²) in [6.45, 7) is 2.88. The number of carbonyl (C=O) groups excluding carboxylic acids is 1. The molecule has 2 aromatic heterocycles. The molecule has 2 bridgehead atoms. The highest BCUT2D eigenvalue weighted by Gasteiger charge is 2.45. The van der Waals surface area contributed by atoms with E-state index in [-0.39, 0.29) is 5.91 Å². The molecule has 3 aliphatic rings. The predicted octanol–water partition coefficient (Wildman–Crippen LogP) is 3.29. The number of pyridine rings is 1. The van der Waals surface area contributed by atoms with Crippen LogP contribution >= 0.6 is 0 Å². The maximum atomic E-state index is 13.3. The fraction of sp³-hybridized carbons (Fsp3) is 0.480. The van der Waals surface area contributed by atoms with Gasteiger partial charge < -0.3 is 4.90 Å². The van der Waals surface area contributed by atoms with Gasteiger partial charge in [-0.2, -0.15) is 5.10 Å². The Labute approximate surface area is 182 Å². The smallest absolute Gasteiger partial charge is 0.255 e. The lowest BCUT2D eigenvalue weighted by atomic mass is 9.74. The zero-order valence-corrected chi connectivity index (χ0v) is 17.8. The van der Waals surface area contributed by atoms with E-state index in [2.05, 4.69) is 50.2 Å². The van der Waals surface area contributed by atoms with Crippen molar-refractivity contribution in [1.29, 1.82) is 0 Å². The van der Waals surface area contributed by atoms with Crippen LogP contribution in [0.15, 0.2) is 55.0 Å². The van der Waals surface area contributed by atoms with Gasteiger partial charge >= 0.3 is 0 Å². The van der Waals surface area contributed by atoms with Gasteiger partial charge in [0.1, 0.15) is 6.33 Å². The number of amides is 1. The van der Waals surface area contributed by atoms with Crippen molar-refractivity contribution in [3.8, 4) is 0 Å². The third-order valence-corrected chi connectivity index (χ3v) is 7.64. The van der Waals surface area contributed by atoms with Gasteiger partial charge in [0, 0.05) is 37.9 Å². The number of nitrogens with zero attached hydrogens (tertiary/aromatic N) is 5. The molecule has 3 aromatic rings. The van der Waals surface area contributed by atoms with Crippen LogP contribution in [0.3, 0.4) is 0 Å². The number of carbonyl (C=O) groups is 1. The first-order valence-electron chi connectivity index (χ1n) is 11.6. The van der Waals surface area contributed by atoms with Gasteiger partial charge in [0.2, 0.25) is 0 Å². The number of fused-ring (bicyclic) bond motifs is 5. The Kier molecular flexibility index (Phi) is 4.75. The lowest BCUT2D eigenvalue weighted by Crippen LogP contribution is -2.62. The normalized spacial score (nSPS) is 28.5. The average Bonchev–Trinajstić information content (AvgIpc) is 3.28. The van der Waals surface area contributed by atoms with E-state index in [1.807, 2.05) is 18.3 Å². The fourth-order valence-electron chi connectivity index (χ4n) is 6.31. The van der Waals surface area contributed by atoms with Crippen molar-refractivity contribution in [2.75, 3.05) is 19.6 Å². The van der Waals surface area contributed by atoms with Gasteiger partial charge in [-0.05, 0) is 55.2 Å². The van der Waals surface area contributed by atoms with E-state index in [0.29, 0.717) is 29.5 Å². The Morgan fingerprint density at radius 3 is 2.84 bits per heavy atom. The molecule has 5 heterocycles. The van der Waals surface area contributed by atoms with Crippen molar-refractivity contribution in [1.82, 2.24) is 24.4 Å². The van der Waals surface area contributed by atoms with E-state index in [4.69, 9.17) is 0 Å². The van der Waals surface area contributed by atoms with Crippen LogP contribution in [-0.4, -0.2) is 62.0 Å². The van der Waals surface area contributed by atoms with Crippen LogP contribution in [0.25, 0.3) is 5.65 Å². The van der Waals surface area contributed by atoms with Gasteiger partial charge in [-0.3, -0.25) is 9.69 Å². The minimum atomic E-state index is 0.136.